The van der Waals surface area contributed by atoms with Gasteiger partial charge in [-0.1, -0.05) is 13.8 Å². The second-order valence-corrected chi connectivity index (χ2v) is 4.78. The van der Waals surface area contributed by atoms with E-state index in [2.05, 4.69) is 13.8 Å². The fraction of sp³-hybridized carbons (Fsp3) is 1.00. The molecule has 0 aliphatic heterocycles. The molecule has 72 valence electrons. The SMILES string of the molecule is COC1CC(Cl)CC(C(C)C)C1. The lowest BCUT2D eigenvalue weighted by Crippen LogP contribution is -2.30. The van der Waals surface area contributed by atoms with E-state index in [1.807, 2.05) is 0 Å². The number of alkyl halides is 1. The minimum Gasteiger partial charge on any atom is -0.381 e. The van der Waals surface area contributed by atoms with Crippen molar-refractivity contribution in [1.29, 1.82) is 0 Å². The highest BCUT2D eigenvalue weighted by atomic mass is 35.5. The molecule has 12 heavy (non-hydrogen) atoms. The van der Waals surface area contributed by atoms with Gasteiger partial charge >= 0.3 is 0 Å². The van der Waals surface area contributed by atoms with Crippen molar-refractivity contribution >= 4 is 11.6 Å². The van der Waals surface area contributed by atoms with Crippen molar-refractivity contribution in [3.63, 3.8) is 0 Å². The van der Waals surface area contributed by atoms with Crippen LogP contribution in [0.2, 0.25) is 0 Å². The van der Waals surface area contributed by atoms with Crippen LogP contribution in [0.5, 0.6) is 0 Å². The van der Waals surface area contributed by atoms with E-state index in [0.29, 0.717) is 11.5 Å². The summed E-state index contributed by atoms with van der Waals surface area (Å²) >= 11 is 6.15. The topological polar surface area (TPSA) is 9.23 Å². The molecule has 2 heteroatoms. The first-order valence-corrected chi connectivity index (χ1v) is 5.24. The van der Waals surface area contributed by atoms with E-state index in [-0.39, 0.29) is 0 Å². The van der Waals surface area contributed by atoms with Crippen LogP contribution in [-0.4, -0.2) is 18.6 Å². The maximum atomic E-state index is 6.15. The van der Waals surface area contributed by atoms with Gasteiger partial charge in [0.25, 0.3) is 0 Å². The first-order valence-electron chi connectivity index (χ1n) is 4.80. The molecule has 0 spiro atoms. The second-order valence-electron chi connectivity index (χ2n) is 4.17. The number of halogens is 1. The Morgan fingerprint density at radius 1 is 1.25 bits per heavy atom. The van der Waals surface area contributed by atoms with E-state index in [4.69, 9.17) is 16.3 Å². The molecule has 0 heterocycles. The zero-order valence-corrected chi connectivity index (χ0v) is 8.97. The monoisotopic (exact) mass is 190 g/mol. The average Bonchev–Trinajstić information content (AvgIpc) is 2.03. The van der Waals surface area contributed by atoms with Gasteiger partial charge in [0.05, 0.1) is 6.10 Å². The Labute approximate surface area is 80.4 Å². The van der Waals surface area contributed by atoms with E-state index in [1.54, 1.807) is 7.11 Å². The number of methoxy groups -OCH3 is 1. The Morgan fingerprint density at radius 2 is 1.92 bits per heavy atom. The number of ether oxygens (including phenoxy) is 1. The maximum absolute atomic E-state index is 6.15. The number of hydrogen-bond acceptors (Lipinski definition) is 1. The van der Waals surface area contributed by atoms with Gasteiger partial charge in [-0.2, -0.15) is 0 Å². The van der Waals surface area contributed by atoms with Gasteiger partial charge in [0.2, 0.25) is 0 Å². The minimum absolute atomic E-state index is 0.330. The molecule has 0 aromatic rings. The molecule has 3 atom stereocenters. The van der Waals surface area contributed by atoms with Crippen LogP contribution in [0.25, 0.3) is 0 Å². The van der Waals surface area contributed by atoms with E-state index < -0.39 is 0 Å². The molecular weight excluding hydrogens is 172 g/mol. The van der Waals surface area contributed by atoms with Crippen LogP contribution < -0.4 is 0 Å². The molecule has 1 rings (SSSR count). The fourth-order valence-electron chi connectivity index (χ4n) is 1.98. The zero-order chi connectivity index (χ0) is 9.14. The van der Waals surface area contributed by atoms with Gasteiger partial charge in [0.15, 0.2) is 0 Å². The van der Waals surface area contributed by atoms with Crippen molar-refractivity contribution < 1.29 is 4.74 Å². The summed E-state index contributed by atoms with van der Waals surface area (Å²) in [6, 6.07) is 0. The van der Waals surface area contributed by atoms with Crippen molar-refractivity contribution in [3.8, 4) is 0 Å². The fourth-order valence-corrected chi connectivity index (χ4v) is 2.40. The van der Waals surface area contributed by atoms with Crippen molar-refractivity contribution in [2.24, 2.45) is 11.8 Å². The van der Waals surface area contributed by atoms with Gasteiger partial charge in [0, 0.05) is 12.5 Å². The normalized spacial score (nSPS) is 37.2. The summed E-state index contributed by atoms with van der Waals surface area (Å²) in [7, 11) is 1.79. The molecule has 0 bridgehead atoms. The van der Waals surface area contributed by atoms with Crippen LogP contribution in [-0.2, 0) is 4.74 Å². The molecular formula is C10H19ClO. The van der Waals surface area contributed by atoms with Crippen molar-refractivity contribution in [1.82, 2.24) is 0 Å². The highest BCUT2D eigenvalue weighted by molar-refractivity contribution is 6.20. The Morgan fingerprint density at radius 3 is 2.42 bits per heavy atom. The minimum atomic E-state index is 0.330. The molecule has 0 radical (unpaired) electrons. The average molecular weight is 191 g/mol. The lowest BCUT2D eigenvalue weighted by molar-refractivity contribution is 0.0425. The summed E-state index contributed by atoms with van der Waals surface area (Å²) in [5.74, 6) is 1.50. The molecule has 0 N–H and O–H groups in total. The van der Waals surface area contributed by atoms with Crippen LogP contribution in [0.15, 0.2) is 0 Å². The summed E-state index contributed by atoms with van der Waals surface area (Å²) in [6.45, 7) is 4.54. The van der Waals surface area contributed by atoms with E-state index in [1.165, 1.54) is 12.8 Å². The summed E-state index contributed by atoms with van der Waals surface area (Å²) in [5.41, 5.74) is 0. The van der Waals surface area contributed by atoms with E-state index in [0.717, 1.165) is 18.3 Å². The van der Waals surface area contributed by atoms with Gasteiger partial charge in [-0.05, 0) is 31.1 Å². The third-order valence-electron chi connectivity index (χ3n) is 2.92. The molecule has 1 aliphatic rings. The van der Waals surface area contributed by atoms with Crippen molar-refractivity contribution in [2.45, 2.75) is 44.6 Å². The van der Waals surface area contributed by atoms with Crippen LogP contribution in [0, 0.1) is 11.8 Å². The largest absolute Gasteiger partial charge is 0.381 e. The van der Waals surface area contributed by atoms with Gasteiger partial charge in [0.1, 0.15) is 0 Å². The highest BCUT2D eigenvalue weighted by Gasteiger charge is 2.29. The van der Waals surface area contributed by atoms with E-state index in [9.17, 15) is 0 Å². The number of rotatable bonds is 2. The van der Waals surface area contributed by atoms with E-state index >= 15 is 0 Å². The molecule has 3 unspecified atom stereocenters. The molecule has 1 saturated carbocycles. The Bertz CT molecular complexity index is 136. The maximum Gasteiger partial charge on any atom is 0.0588 e. The quantitative estimate of drug-likeness (QED) is 0.609. The highest BCUT2D eigenvalue weighted by Crippen LogP contribution is 2.33. The summed E-state index contributed by atoms with van der Waals surface area (Å²) in [4.78, 5) is 0. The van der Waals surface area contributed by atoms with Crippen molar-refractivity contribution in [3.05, 3.63) is 0 Å². The zero-order valence-electron chi connectivity index (χ0n) is 8.22. The Kier molecular flexibility index (Phi) is 3.85. The Hall–Kier alpha value is 0.250. The van der Waals surface area contributed by atoms with Crippen LogP contribution in [0.3, 0.4) is 0 Å². The third kappa shape index (κ3) is 2.63. The predicted molar refractivity (Wildman–Crippen MR) is 52.6 cm³/mol. The number of hydrogen-bond donors (Lipinski definition) is 0. The standard InChI is InChI=1S/C10H19ClO/c1-7(2)8-4-9(11)6-10(5-8)12-3/h7-10H,4-6H2,1-3H3. The van der Waals surface area contributed by atoms with Crippen LogP contribution >= 0.6 is 11.6 Å². The van der Waals surface area contributed by atoms with Gasteiger partial charge in [-0.25, -0.2) is 0 Å². The molecule has 0 amide bonds. The van der Waals surface area contributed by atoms with Crippen LogP contribution in [0.4, 0.5) is 0 Å². The first-order chi connectivity index (χ1) is 5.63. The summed E-state index contributed by atoms with van der Waals surface area (Å²) < 4.78 is 5.36. The molecule has 1 nitrogen and oxygen atoms in total. The Balaban J connectivity index is 2.45. The molecule has 0 aromatic carbocycles. The summed E-state index contributed by atoms with van der Waals surface area (Å²) in [6.07, 6.45) is 3.78. The first kappa shape index (κ1) is 10.3. The molecule has 1 fully saturated rings. The second kappa shape index (κ2) is 4.48. The van der Waals surface area contributed by atoms with Crippen LogP contribution in [0.1, 0.15) is 33.1 Å². The molecule has 0 saturated heterocycles. The predicted octanol–water partition coefficient (Wildman–Crippen LogP) is 3.06. The van der Waals surface area contributed by atoms with Gasteiger partial charge < -0.3 is 4.74 Å². The van der Waals surface area contributed by atoms with Crippen molar-refractivity contribution in [2.75, 3.05) is 7.11 Å². The lowest BCUT2D eigenvalue weighted by Gasteiger charge is -2.33. The lowest BCUT2D eigenvalue weighted by atomic mass is 9.80. The third-order valence-corrected chi connectivity index (χ3v) is 3.28. The molecule has 0 aromatic heterocycles. The van der Waals surface area contributed by atoms with Gasteiger partial charge in [-0.3, -0.25) is 0 Å². The van der Waals surface area contributed by atoms with Gasteiger partial charge in [-0.15, -0.1) is 11.6 Å². The summed E-state index contributed by atoms with van der Waals surface area (Å²) in [5, 5.41) is 0.330. The molecule has 1 aliphatic carbocycles. The smallest absolute Gasteiger partial charge is 0.0588 e.